The van der Waals surface area contributed by atoms with Crippen molar-refractivity contribution in [3.8, 4) is 0 Å². The molecule has 0 bridgehead atoms. The molecule has 0 aliphatic rings. The van der Waals surface area contributed by atoms with Crippen LogP contribution >= 0.6 is 0 Å². The van der Waals surface area contributed by atoms with Crippen LogP contribution in [0.1, 0.15) is 105 Å². The Morgan fingerprint density at radius 3 is 1.19 bits per heavy atom. The topological polar surface area (TPSA) is 36.9 Å². The third-order valence-electron chi connectivity index (χ3n) is 5.24. The highest BCUT2D eigenvalue weighted by molar-refractivity contribution is 4.71. The second-order valence-electron chi connectivity index (χ2n) is 7.88. The molecule has 164 valence electrons. The van der Waals surface area contributed by atoms with Gasteiger partial charge < -0.3 is 0 Å². The van der Waals surface area contributed by atoms with Crippen LogP contribution in [0.25, 0.3) is 0 Å². The number of hydrogen-bond acceptors (Lipinski definition) is 4. The molecule has 27 heavy (non-hydrogen) atoms. The van der Waals surface area contributed by atoms with Crippen LogP contribution in [0.5, 0.6) is 0 Å². The smallest absolute Gasteiger partial charge is 0.0850 e. The summed E-state index contributed by atoms with van der Waals surface area (Å²) in [7, 11) is 0. The highest BCUT2D eigenvalue weighted by Gasteiger charge is 2.21. The summed E-state index contributed by atoms with van der Waals surface area (Å²) < 4.78 is 0. The lowest BCUT2D eigenvalue weighted by atomic mass is 9.81. The van der Waals surface area contributed by atoms with Crippen molar-refractivity contribution in [1.29, 1.82) is 0 Å². The van der Waals surface area contributed by atoms with Crippen LogP contribution in [0.15, 0.2) is 0 Å². The van der Waals surface area contributed by atoms with Gasteiger partial charge in [-0.3, -0.25) is 0 Å². The molecular weight excluding hydrogens is 340 g/mol. The average Bonchev–Trinajstić information content (AvgIpc) is 2.68. The molecule has 0 radical (unpaired) electrons. The zero-order valence-electron chi connectivity index (χ0n) is 19.0. The van der Waals surface area contributed by atoms with Crippen molar-refractivity contribution in [3.63, 3.8) is 0 Å². The molecule has 0 aromatic rings. The summed E-state index contributed by atoms with van der Waals surface area (Å²) in [4.78, 5) is 21.2. The molecule has 0 spiro atoms. The van der Waals surface area contributed by atoms with Crippen molar-refractivity contribution in [2.45, 2.75) is 105 Å². The first-order chi connectivity index (χ1) is 13.2. The fourth-order valence-corrected chi connectivity index (χ4v) is 3.75. The minimum atomic E-state index is 0.595. The second kappa shape index (κ2) is 20.6. The standard InChI is InChI=1S/C23H48O4/c1-6-11-14-21(17-22(15-12-7-2)19-26-24-9-4)18-23(16-13-8-3)20-27-25-10-5/h21-23H,6-20H2,1-5H3. The zero-order chi connectivity index (χ0) is 20.2. The van der Waals surface area contributed by atoms with E-state index in [9.17, 15) is 0 Å². The number of hydrogen-bond donors (Lipinski definition) is 0. The quantitative estimate of drug-likeness (QED) is 0.119. The summed E-state index contributed by atoms with van der Waals surface area (Å²) in [6.45, 7) is 13.5. The summed E-state index contributed by atoms with van der Waals surface area (Å²) in [5, 5.41) is 0. The van der Waals surface area contributed by atoms with Crippen molar-refractivity contribution >= 4 is 0 Å². The minimum Gasteiger partial charge on any atom is -0.237 e. The van der Waals surface area contributed by atoms with E-state index in [0.29, 0.717) is 25.0 Å². The first-order valence-corrected chi connectivity index (χ1v) is 11.7. The van der Waals surface area contributed by atoms with E-state index in [2.05, 4.69) is 20.8 Å². The first-order valence-electron chi connectivity index (χ1n) is 11.7. The van der Waals surface area contributed by atoms with Crippen LogP contribution < -0.4 is 0 Å². The first kappa shape index (κ1) is 26.8. The molecule has 0 amide bonds. The normalized spacial score (nSPS) is 15.0. The molecule has 0 fully saturated rings. The van der Waals surface area contributed by atoms with E-state index in [1.165, 1.54) is 70.6 Å². The van der Waals surface area contributed by atoms with Crippen molar-refractivity contribution in [1.82, 2.24) is 0 Å². The zero-order valence-corrected chi connectivity index (χ0v) is 19.0. The number of rotatable bonds is 21. The van der Waals surface area contributed by atoms with E-state index in [1.807, 2.05) is 13.8 Å². The summed E-state index contributed by atoms with van der Waals surface area (Å²) in [5.41, 5.74) is 0. The van der Waals surface area contributed by atoms with Crippen molar-refractivity contribution in [2.75, 3.05) is 26.4 Å². The van der Waals surface area contributed by atoms with E-state index >= 15 is 0 Å². The van der Waals surface area contributed by atoms with E-state index < -0.39 is 0 Å². The molecule has 0 aliphatic heterocycles. The third kappa shape index (κ3) is 16.5. The summed E-state index contributed by atoms with van der Waals surface area (Å²) in [6.07, 6.45) is 13.9. The molecular formula is C23H48O4. The van der Waals surface area contributed by atoms with Crippen LogP contribution in [0, 0.1) is 17.8 Å². The van der Waals surface area contributed by atoms with Gasteiger partial charge in [0.15, 0.2) is 0 Å². The summed E-state index contributed by atoms with van der Waals surface area (Å²) in [5.74, 6) is 1.93. The maximum Gasteiger partial charge on any atom is 0.0850 e. The van der Waals surface area contributed by atoms with Gasteiger partial charge in [-0.15, -0.1) is 0 Å². The van der Waals surface area contributed by atoms with Gasteiger partial charge in [-0.05, 0) is 57.3 Å². The van der Waals surface area contributed by atoms with Crippen LogP contribution in [0.2, 0.25) is 0 Å². The Labute approximate surface area is 169 Å². The van der Waals surface area contributed by atoms with Gasteiger partial charge >= 0.3 is 0 Å². The monoisotopic (exact) mass is 388 g/mol. The molecule has 0 saturated carbocycles. The Hall–Kier alpha value is -0.160. The second-order valence-corrected chi connectivity index (χ2v) is 7.88. The van der Waals surface area contributed by atoms with Gasteiger partial charge in [0.1, 0.15) is 0 Å². The molecule has 0 aliphatic carbocycles. The molecule has 0 heterocycles. The van der Waals surface area contributed by atoms with Crippen LogP contribution in [0.4, 0.5) is 0 Å². The lowest BCUT2D eigenvalue weighted by Crippen LogP contribution is -2.20. The van der Waals surface area contributed by atoms with Gasteiger partial charge in [0, 0.05) is 0 Å². The van der Waals surface area contributed by atoms with Crippen molar-refractivity contribution < 1.29 is 19.6 Å². The lowest BCUT2D eigenvalue weighted by Gasteiger charge is -2.27. The highest BCUT2D eigenvalue weighted by atomic mass is 17.2. The Morgan fingerprint density at radius 2 is 0.852 bits per heavy atom. The Kier molecular flexibility index (Phi) is 20.4. The van der Waals surface area contributed by atoms with Crippen LogP contribution in [0.3, 0.4) is 0 Å². The van der Waals surface area contributed by atoms with Crippen molar-refractivity contribution in [2.24, 2.45) is 17.8 Å². The predicted octanol–water partition coefficient (Wildman–Crippen LogP) is 7.12. The van der Waals surface area contributed by atoms with Crippen LogP contribution in [-0.2, 0) is 19.6 Å². The summed E-state index contributed by atoms with van der Waals surface area (Å²) in [6, 6.07) is 0. The molecule has 4 nitrogen and oxygen atoms in total. The molecule has 0 saturated heterocycles. The Bertz CT molecular complexity index is 262. The molecule has 2 unspecified atom stereocenters. The van der Waals surface area contributed by atoms with Crippen LogP contribution in [-0.4, -0.2) is 26.4 Å². The molecule has 0 aromatic heterocycles. The Morgan fingerprint density at radius 1 is 0.481 bits per heavy atom. The average molecular weight is 389 g/mol. The van der Waals surface area contributed by atoms with Gasteiger partial charge in [-0.2, -0.15) is 0 Å². The predicted molar refractivity (Wildman–Crippen MR) is 113 cm³/mol. The van der Waals surface area contributed by atoms with Gasteiger partial charge in [-0.25, -0.2) is 19.6 Å². The highest BCUT2D eigenvalue weighted by Crippen LogP contribution is 2.30. The van der Waals surface area contributed by atoms with E-state index in [-0.39, 0.29) is 0 Å². The van der Waals surface area contributed by atoms with Gasteiger partial charge in [0.05, 0.1) is 26.4 Å². The van der Waals surface area contributed by atoms with Gasteiger partial charge in [0.2, 0.25) is 0 Å². The van der Waals surface area contributed by atoms with E-state index in [4.69, 9.17) is 19.6 Å². The van der Waals surface area contributed by atoms with E-state index in [0.717, 1.165) is 19.1 Å². The maximum absolute atomic E-state index is 5.45. The molecule has 4 heteroatoms. The van der Waals surface area contributed by atoms with Gasteiger partial charge in [-0.1, -0.05) is 65.7 Å². The Balaban J connectivity index is 4.75. The molecule has 0 N–H and O–H groups in total. The van der Waals surface area contributed by atoms with E-state index in [1.54, 1.807) is 0 Å². The largest absolute Gasteiger partial charge is 0.237 e. The molecule has 0 aromatic carbocycles. The molecule has 2 atom stereocenters. The van der Waals surface area contributed by atoms with Gasteiger partial charge in [0.25, 0.3) is 0 Å². The third-order valence-corrected chi connectivity index (χ3v) is 5.24. The maximum atomic E-state index is 5.45. The van der Waals surface area contributed by atoms with Crippen molar-refractivity contribution in [3.05, 3.63) is 0 Å². The number of unbranched alkanes of at least 4 members (excludes halogenated alkanes) is 3. The minimum absolute atomic E-state index is 0.595. The lowest BCUT2D eigenvalue weighted by molar-refractivity contribution is -0.300. The summed E-state index contributed by atoms with van der Waals surface area (Å²) >= 11 is 0. The fraction of sp³-hybridized carbons (Fsp3) is 1.00. The molecule has 0 rings (SSSR count). The fourth-order valence-electron chi connectivity index (χ4n) is 3.75. The SMILES string of the molecule is CCCCC(COOCC)CC(CCCC)CC(CCCC)COOCC.